The van der Waals surface area contributed by atoms with E-state index in [2.05, 4.69) is 31.1 Å². The smallest absolute Gasteiger partial charge is 0.0478 e. The molecule has 0 bridgehead atoms. The van der Waals surface area contributed by atoms with Gasteiger partial charge >= 0.3 is 0 Å². The van der Waals surface area contributed by atoms with E-state index >= 15 is 0 Å². The van der Waals surface area contributed by atoms with E-state index in [4.69, 9.17) is 4.74 Å². The maximum Gasteiger partial charge on any atom is 0.0478 e. The van der Waals surface area contributed by atoms with E-state index in [1.54, 1.807) is 0 Å². The number of likely N-dealkylation sites (N-methyl/N-ethyl adjacent to an activating group) is 1. The molecule has 0 aliphatic carbocycles. The Morgan fingerprint density at radius 1 is 1.31 bits per heavy atom. The average Bonchev–Trinajstić information content (AvgIpc) is 2.57. The van der Waals surface area contributed by atoms with E-state index in [0.717, 1.165) is 32.2 Å². The van der Waals surface area contributed by atoms with Crippen LogP contribution in [0.1, 0.15) is 39.5 Å². The van der Waals surface area contributed by atoms with E-state index < -0.39 is 0 Å². The van der Waals surface area contributed by atoms with Crippen LogP contribution < -0.4 is 5.32 Å². The Bertz CT molecular complexity index is 165. The molecule has 1 saturated heterocycles. The van der Waals surface area contributed by atoms with Crippen LogP contribution >= 0.6 is 0 Å². The highest BCUT2D eigenvalue weighted by Crippen LogP contribution is 2.14. The first-order valence-corrected chi connectivity index (χ1v) is 6.75. The highest BCUT2D eigenvalue weighted by Gasteiger charge is 2.24. The molecule has 2 atom stereocenters. The Kier molecular flexibility index (Phi) is 7.01. The monoisotopic (exact) mass is 228 g/mol. The second kappa shape index (κ2) is 8.04. The van der Waals surface area contributed by atoms with Crippen molar-refractivity contribution in [1.82, 2.24) is 10.2 Å². The zero-order valence-electron chi connectivity index (χ0n) is 11.2. The maximum absolute atomic E-state index is 5.53. The number of ether oxygens (including phenoxy) is 1. The third kappa shape index (κ3) is 5.28. The number of rotatable bonds is 8. The SMILES string of the molecule is CCCCOCCCNC1CC(C)N(C)C1. The fourth-order valence-corrected chi connectivity index (χ4v) is 2.17. The Morgan fingerprint density at radius 2 is 2.06 bits per heavy atom. The summed E-state index contributed by atoms with van der Waals surface area (Å²) in [4.78, 5) is 2.43. The van der Waals surface area contributed by atoms with Crippen molar-refractivity contribution in [2.75, 3.05) is 33.4 Å². The maximum atomic E-state index is 5.53. The van der Waals surface area contributed by atoms with Crippen molar-refractivity contribution in [2.45, 2.75) is 51.6 Å². The summed E-state index contributed by atoms with van der Waals surface area (Å²) < 4.78 is 5.53. The van der Waals surface area contributed by atoms with Gasteiger partial charge in [0.1, 0.15) is 0 Å². The van der Waals surface area contributed by atoms with Gasteiger partial charge in [-0.3, -0.25) is 0 Å². The van der Waals surface area contributed by atoms with Gasteiger partial charge in [0, 0.05) is 31.8 Å². The number of hydrogen-bond acceptors (Lipinski definition) is 3. The van der Waals surface area contributed by atoms with Gasteiger partial charge in [0.05, 0.1) is 0 Å². The van der Waals surface area contributed by atoms with E-state index in [1.807, 2.05) is 0 Å². The van der Waals surface area contributed by atoms with Gasteiger partial charge in [0.25, 0.3) is 0 Å². The highest BCUT2D eigenvalue weighted by molar-refractivity contribution is 4.84. The first-order valence-electron chi connectivity index (χ1n) is 6.75. The first-order chi connectivity index (χ1) is 7.74. The van der Waals surface area contributed by atoms with Crippen molar-refractivity contribution < 1.29 is 4.74 Å². The summed E-state index contributed by atoms with van der Waals surface area (Å²) in [6.07, 6.45) is 4.84. The molecule has 0 aromatic rings. The summed E-state index contributed by atoms with van der Waals surface area (Å²) in [5, 5.41) is 3.61. The number of nitrogens with one attached hydrogen (secondary N) is 1. The van der Waals surface area contributed by atoms with E-state index in [9.17, 15) is 0 Å². The molecule has 1 aliphatic rings. The van der Waals surface area contributed by atoms with Crippen molar-refractivity contribution in [3.05, 3.63) is 0 Å². The van der Waals surface area contributed by atoms with E-state index in [0.29, 0.717) is 6.04 Å². The van der Waals surface area contributed by atoms with Crippen LogP contribution in [0.4, 0.5) is 0 Å². The summed E-state index contributed by atoms with van der Waals surface area (Å²) >= 11 is 0. The molecule has 1 rings (SSSR count). The van der Waals surface area contributed by atoms with Gasteiger partial charge in [-0.1, -0.05) is 13.3 Å². The molecule has 2 unspecified atom stereocenters. The molecule has 1 N–H and O–H groups in total. The molecule has 1 fully saturated rings. The Labute approximate surface area is 101 Å². The van der Waals surface area contributed by atoms with E-state index in [1.165, 1.54) is 25.8 Å². The van der Waals surface area contributed by atoms with Crippen LogP contribution in [0.5, 0.6) is 0 Å². The molecule has 0 radical (unpaired) electrons. The summed E-state index contributed by atoms with van der Waals surface area (Å²) in [5.74, 6) is 0. The van der Waals surface area contributed by atoms with Crippen LogP contribution in [0.2, 0.25) is 0 Å². The molecular formula is C13H28N2O. The lowest BCUT2D eigenvalue weighted by Gasteiger charge is -2.13. The quantitative estimate of drug-likeness (QED) is 0.642. The Hall–Kier alpha value is -0.120. The van der Waals surface area contributed by atoms with Crippen LogP contribution in [0.25, 0.3) is 0 Å². The van der Waals surface area contributed by atoms with Gasteiger partial charge in [0.2, 0.25) is 0 Å². The Morgan fingerprint density at radius 3 is 2.69 bits per heavy atom. The largest absolute Gasteiger partial charge is 0.381 e. The van der Waals surface area contributed by atoms with E-state index in [-0.39, 0.29) is 0 Å². The molecule has 0 spiro atoms. The fourth-order valence-electron chi connectivity index (χ4n) is 2.17. The second-order valence-electron chi connectivity index (χ2n) is 4.99. The molecular weight excluding hydrogens is 200 g/mol. The minimum Gasteiger partial charge on any atom is -0.381 e. The molecule has 1 aliphatic heterocycles. The standard InChI is InChI=1S/C13H28N2O/c1-4-5-8-16-9-6-7-14-13-10-12(2)15(3)11-13/h12-14H,4-11H2,1-3H3. The number of nitrogens with zero attached hydrogens (tertiary/aromatic N) is 1. The predicted molar refractivity (Wildman–Crippen MR) is 68.8 cm³/mol. The minimum atomic E-state index is 0.690. The van der Waals surface area contributed by atoms with Gasteiger partial charge < -0.3 is 15.0 Å². The van der Waals surface area contributed by atoms with Crippen LogP contribution in [0.15, 0.2) is 0 Å². The zero-order valence-corrected chi connectivity index (χ0v) is 11.2. The molecule has 0 aromatic carbocycles. The molecule has 0 aromatic heterocycles. The van der Waals surface area contributed by atoms with Gasteiger partial charge in [0.15, 0.2) is 0 Å². The average molecular weight is 228 g/mol. The van der Waals surface area contributed by atoms with Crippen molar-refractivity contribution in [2.24, 2.45) is 0 Å². The van der Waals surface area contributed by atoms with Gasteiger partial charge in [-0.15, -0.1) is 0 Å². The summed E-state index contributed by atoms with van der Waals surface area (Å²) in [6.45, 7) is 8.62. The third-order valence-corrected chi connectivity index (χ3v) is 3.43. The third-order valence-electron chi connectivity index (χ3n) is 3.43. The number of hydrogen-bond donors (Lipinski definition) is 1. The van der Waals surface area contributed by atoms with Crippen molar-refractivity contribution in [3.8, 4) is 0 Å². The highest BCUT2D eigenvalue weighted by atomic mass is 16.5. The molecule has 3 nitrogen and oxygen atoms in total. The molecule has 0 amide bonds. The normalized spacial score (nSPS) is 26.4. The lowest BCUT2D eigenvalue weighted by Crippen LogP contribution is -2.32. The summed E-state index contributed by atoms with van der Waals surface area (Å²) in [7, 11) is 2.21. The molecule has 96 valence electrons. The van der Waals surface area contributed by atoms with Gasteiger partial charge in [-0.05, 0) is 39.8 Å². The second-order valence-corrected chi connectivity index (χ2v) is 4.99. The van der Waals surface area contributed by atoms with Gasteiger partial charge in [-0.25, -0.2) is 0 Å². The Balaban J connectivity index is 1.88. The summed E-state index contributed by atoms with van der Waals surface area (Å²) in [5.41, 5.74) is 0. The minimum absolute atomic E-state index is 0.690. The van der Waals surface area contributed by atoms with Crippen molar-refractivity contribution in [1.29, 1.82) is 0 Å². The lowest BCUT2D eigenvalue weighted by atomic mass is 10.2. The van der Waals surface area contributed by atoms with Crippen LogP contribution in [-0.2, 0) is 4.74 Å². The molecule has 16 heavy (non-hydrogen) atoms. The predicted octanol–water partition coefficient (Wildman–Crippen LogP) is 1.88. The van der Waals surface area contributed by atoms with Crippen molar-refractivity contribution in [3.63, 3.8) is 0 Å². The van der Waals surface area contributed by atoms with Gasteiger partial charge in [-0.2, -0.15) is 0 Å². The number of likely N-dealkylation sites (tertiary alicyclic amines) is 1. The molecule has 1 heterocycles. The lowest BCUT2D eigenvalue weighted by molar-refractivity contribution is 0.128. The summed E-state index contributed by atoms with van der Waals surface area (Å²) in [6, 6.07) is 1.42. The van der Waals surface area contributed by atoms with Crippen LogP contribution in [-0.4, -0.2) is 50.3 Å². The number of unbranched alkanes of at least 4 members (excludes halogenated alkanes) is 1. The zero-order chi connectivity index (χ0) is 11.8. The fraction of sp³-hybridized carbons (Fsp3) is 1.00. The molecule has 0 saturated carbocycles. The first kappa shape index (κ1) is 13.9. The molecule has 3 heteroatoms. The van der Waals surface area contributed by atoms with Crippen LogP contribution in [0, 0.1) is 0 Å². The topological polar surface area (TPSA) is 24.5 Å². The van der Waals surface area contributed by atoms with Crippen molar-refractivity contribution >= 4 is 0 Å². The van der Waals surface area contributed by atoms with Crippen LogP contribution in [0.3, 0.4) is 0 Å².